The molecule has 2 aliphatic heterocycles. The highest BCUT2D eigenvalue weighted by Crippen LogP contribution is 2.34. The quantitative estimate of drug-likeness (QED) is 0.767. The molecule has 0 saturated carbocycles. The average molecular weight is 294 g/mol. The Labute approximate surface area is 122 Å². The van der Waals surface area contributed by atoms with Gasteiger partial charge < -0.3 is 15.5 Å². The number of likely N-dealkylation sites (tertiary alicyclic amines) is 1. The number of hydrogen-bond donors (Lipinski definition) is 2. The maximum atomic E-state index is 12.3. The topological polar surface area (TPSA) is 61.4 Å². The third-order valence-corrected chi connectivity index (χ3v) is 4.34. The van der Waals surface area contributed by atoms with Crippen LogP contribution in [-0.2, 0) is 4.79 Å². The van der Waals surface area contributed by atoms with E-state index in [0.717, 1.165) is 5.69 Å². The monoisotopic (exact) mass is 293 g/mol. The zero-order chi connectivity index (χ0) is 14.3. The highest BCUT2D eigenvalue weighted by atomic mass is 35.5. The van der Waals surface area contributed by atoms with Crippen molar-refractivity contribution in [2.75, 3.05) is 18.4 Å². The van der Waals surface area contributed by atoms with Crippen LogP contribution >= 0.6 is 11.6 Å². The van der Waals surface area contributed by atoms with E-state index >= 15 is 0 Å². The van der Waals surface area contributed by atoms with Gasteiger partial charge in [0.2, 0.25) is 5.91 Å². The lowest BCUT2D eigenvalue weighted by molar-refractivity contribution is -0.130. The van der Waals surface area contributed by atoms with Crippen molar-refractivity contribution in [3.63, 3.8) is 0 Å². The SMILES string of the molecule is CC(=O)N1CCC2(CC1)NC(=O)c1c(Cl)cccc1N2. The van der Waals surface area contributed by atoms with Crippen LogP contribution in [0.4, 0.5) is 5.69 Å². The minimum absolute atomic E-state index is 0.0745. The number of fused-ring (bicyclic) bond motifs is 1. The first-order valence-corrected chi connectivity index (χ1v) is 7.03. The summed E-state index contributed by atoms with van der Waals surface area (Å²) in [6.45, 7) is 2.84. The minimum atomic E-state index is -0.472. The predicted molar refractivity (Wildman–Crippen MR) is 76.8 cm³/mol. The van der Waals surface area contributed by atoms with Crippen LogP contribution < -0.4 is 10.6 Å². The molecule has 2 N–H and O–H groups in total. The zero-order valence-electron chi connectivity index (χ0n) is 11.2. The van der Waals surface area contributed by atoms with Gasteiger partial charge in [0.15, 0.2) is 0 Å². The fourth-order valence-corrected chi connectivity index (χ4v) is 3.14. The Hall–Kier alpha value is -1.75. The van der Waals surface area contributed by atoms with Crippen LogP contribution in [0.25, 0.3) is 0 Å². The standard InChI is InChI=1S/C14H16ClN3O2/c1-9(19)18-7-5-14(6-8-18)16-11-4-2-3-10(15)12(11)13(20)17-14/h2-4,16H,5-8H2,1H3,(H,17,20). The molecule has 0 unspecified atom stereocenters. The van der Waals surface area contributed by atoms with Crippen LogP contribution in [0.5, 0.6) is 0 Å². The molecule has 6 heteroatoms. The van der Waals surface area contributed by atoms with Crippen LogP contribution in [0.1, 0.15) is 30.1 Å². The molecule has 3 rings (SSSR count). The Morgan fingerprint density at radius 2 is 2.00 bits per heavy atom. The Morgan fingerprint density at radius 1 is 1.30 bits per heavy atom. The Bertz CT molecular complexity index is 580. The molecule has 1 aromatic carbocycles. The maximum absolute atomic E-state index is 12.3. The van der Waals surface area contributed by atoms with Gasteiger partial charge >= 0.3 is 0 Å². The van der Waals surface area contributed by atoms with Crippen molar-refractivity contribution in [2.24, 2.45) is 0 Å². The molecule has 2 heterocycles. The highest BCUT2D eigenvalue weighted by molar-refractivity contribution is 6.34. The van der Waals surface area contributed by atoms with Crippen molar-refractivity contribution >= 4 is 29.1 Å². The summed E-state index contributed by atoms with van der Waals surface area (Å²) >= 11 is 6.08. The van der Waals surface area contributed by atoms with Gasteiger partial charge in [-0.25, -0.2) is 0 Å². The molecule has 1 spiro atoms. The fourth-order valence-electron chi connectivity index (χ4n) is 2.88. The summed E-state index contributed by atoms with van der Waals surface area (Å²) in [7, 11) is 0. The highest BCUT2D eigenvalue weighted by Gasteiger charge is 2.41. The summed E-state index contributed by atoms with van der Waals surface area (Å²) in [6.07, 6.45) is 1.37. The zero-order valence-corrected chi connectivity index (χ0v) is 12.0. The first kappa shape index (κ1) is 13.2. The number of nitrogens with zero attached hydrogens (tertiary/aromatic N) is 1. The number of anilines is 1. The van der Waals surface area contributed by atoms with E-state index in [1.165, 1.54) is 0 Å². The lowest BCUT2D eigenvalue weighted by Crippen LogP contribution is -2.62. The normalized spacial score (nSPS) is 20.1. The van der Waals surface area contributed by atoms with Crippen LogP contribution in [0, 0.1) is 0 Å². The van der Waals surface area contributed by atoms with Gasteiger partial charge in [-0.05, 0) is 12.1 Å². The second kappa shape index (κ2) is 4.66. The van der Waals surface area contributed by atoms with Crippen molar-refractivity contribution < 1.29 is 9.59 Å². The lowest BCUT2D eigenvalue weighted by atomic mass is 9.92. The number of amides is 2. The number of piperidine rings is 1. The van der Waals surface area contributed by atoms with Gasteiger partial charge in [0.05, 0.1) is 16.3 Å². The third kappa shape index (κ3) is 2.12. The molecule has 0 radical (unpaired) electrons. The van der Waals surface area contributed by atoms with E-state index in [9.17, 15) is 9.59 Å². The molecule has 0 aromatic heterocycles. The molecule has 20 heavy (non-hydrogen) atoms. The molecule has 1 fully saturated rings. The van der Waals surface area contributed by atoms with E-state index < -0.39 is 5.66 Å². The van der Waals surface area contributed by atoms with Crippen LogP contribution in [0.3, 0.4) is 0 Å². The molecule has 0 atom stereocenters. The molecule has 0 aliphatic carbocycles. The maximum Gasteiger partial charge on any atom is 0.256 e. The molecule has 1 aromatic rings. The molecule has 2 amide bonds. The van der Waals surface area contributed by atoms with E-state index in [1.807, 2.05) is 12.1 Å². The molecule has 1 saturated heterocycles. The smallest absolute Gasteiger partial charge is 0.256 e. The summed E-state index contributed by atoms with van der Waals surface area (Å²) in [6, 6.07) is 5.39. The molecule has 2 aliphatic rings. The van der Waals surface area contributed by atoms with Gasteiger partial charge in [0, 0.05) is 32.9 Å². The van der Waals surface area contributed by atoms with E-state index in [1.54, 1.807) is 17.9 Å². The predicted octanol–water partition coefficient (Wildman–Crippen LogP) is 1.83. The van der Waals surface area contributed by atoms with Gasteiger partial charge in [-0.15, -0.1) is 0 Å². The summed E-state index contributed by atoms with van der Waals surface area (Å²) in [5.74, 6) is -0.0777. The Morgan fingerprint density at radius 3 is 2.65 bits per heavy atom. The van der Waals surface area contributed by atoms with Gasteiger partial charge in [0.1, 0.15) is 5.66 Å². The molecule has 0 bridgehead atoms. The number of rotatable bonds is 0. The van der Waals surface area contributed by atoms with Gasteiger partial charge in [0.25, 0.3) is 5.91 Å². The van der Waals surface area contributed by atoms with E-state index in [2.05, 4.69) is 10.6 Å². The number of hydrogen-bond acceptors (Lipinski definition) is 3. The summed E-state index contributed by atoms with van der Waals surface area (Å²) < 4.78 is 0. The van der Waals surface area contributed by atoms with Crippen LogP contribution in [0.15, 0.2) is 18.2 Å². The number of carbonyl (C=O) groups is 2. The van der Waals surface area contributed by atoms with E-state index in [4.69, 9.17) is 11.6 Å². The minimum Gasteiger partial charge on any atom is -0.362 e. The first-order chi connectivity index (χ1) is 9.51. The number of carbonyl (C=O) groups excluding carboxylic acids is 2. The van der Waals surface area contributed by atoms with Crippen molar-refractivity contribution in [3.05, 3.63) is 28.8 Å². The van der Waals surface area contributed by atoms with Crippen molar-refractivity contribution in [2.45, 2.75) is 25.4 Å². The molecular weight excluding hydrogens is 278 g/mol. The van der Waals surface area contributed by atoms with E-state index in [0.29, 0.717) is 36.5 Å². The van der Waals surface area contributed by atoms with E-state index in [-0.39, 0.29) is 11.8 Å². The van der Waals surface area contributed by atoms with Gasteiger partial charge in [-0.3, -0.25) is 9.59 Å². The average Bonchev–Trinajstić information content (AvgIpc) is 2.38. The summed E-state index contributed by atoms with van der Waals surface area (Å²) in [5, 5.41) is 6.85. The van der Waals surface area contributed by atoms with Gasteiger partial charge in [-0.1, -0.05) is 17.7 Å². The Kier molecular flexibility index (Phi) is 3.09. The van der Waals surface area contributed by atoms with Gasteiger partial charge in [-0.2, -0.15) is 0 Å². The van der Waals surface area contributed by atoms with Crippen molar-refractivity contribution in [3.8, 4) is 0 Å². The first-order valence-electron chi connectivity index (χ1n) is 6.65. The molecule has 106 valence electrons. The van der Waals surface area contributed by atoms with Crippen molar-refractivity contribution in [1.29, 1.82) is 0 Å². The lowest BCUT2D eigenvalue weighted by Gasteiger charge is -2.45. The third-order valence-electron chi connectivity index (χ3n) is 4.03. The summed E-state index contributed by atoms with van der Waals surface area (Å²) in [5.41, 5.74) is 0.784. The largest absolute Gasteiger partial charge is 0.362 e. The summed E-state index contributed by atoms with van der Waals surface area (Å²) in [4.78, 5) is 25.5. The number of halogens is 1. The fraction of sp³-hybridized carbons (Fsp3) is 0.429. The van der Waals surface area contributed by atoms with Crippen LogP contribution in [-0.4, -0.2) is 35.5 Å². The number of benzene rings is 1. The number of nitrogens with one attached hydrogen (secondary N) is 2. The molecule has 5 nitrogen and oxygen atoms in total. The van der Waals surface area contributed by atoms with Crippen molar-refractivity contribution in [1.82, 2.24) is 10.2 Å². The molecular formula is C14H16ClN3O2. The second-order valence-corrected chi connectivity index (χ2v) is 5.74. The second-order valence-electron chi connectivity index (χ2n) is 5.33. The Balaban J connectivity index is 1.86. The van der Waals surface area contributed by atoms with Crippen LogP contribution in [0.2, 0.25) is 5.02 Å².